The van der Waals surface area contributed by atoms with Crippen LogP contribution in [0.5, 0.6) is 11.5 Å². The number of hydrogen-bond donors (Lipinski definition) is 12. The predicted molar refractivity (Wildman–Crippen MR) is 152 cm³/mol. The Bertz CT molecular complexity index is 1320. The van der Waals surface area contributed by atoms with Crippen LogP contribution in [0.4, 0.5) is 0 Å². The van der Waals surface area contributed by atoms with E-state index in [9.17, 15) is 54.3 Å². The highest BCUT2D eigenvalue weighted by Gasteiger charge is 2.48. The number of phenols is 1. The van der Waals surface area contributed by atoms with Gasteiger partial charge in [0.05, 0.1) is 11.5 Å². The molecular formula is C25H34N4O17S. The van der Waals surface area contributed by atoms with Gasteiger partial charge in [0.1, 0.15) is 48.4 Å². The number of phenolic OH excluding ortho intramolecular Hbond substituents is 1. The minimum Gasteiger partial charge on any atom is -0.507 e. The van der Waals surface area contributed by atoms with Gasteiger partial charge in [-0.25, -0.2) is 9.68 Å². The quantitative estimate of drug-likeness (QED) is 0.0300. The number of rotatable bonds is 18. The summed E-state index contributed by atoms with van der Waals surface area (Å²) in [7, 11) is 0. The minimum atomic E-state index is -2.09. The Morgan fingerprint density at radius 2 is 1.68 bits per heavy atom. The lowest BCUT2D eigenvalue weighted by Gasteiger charge is -2.38. The van der Waals surface area contributed by atoms with Gasteiger partial charge in [0.25, 0.3) is 5.91 Å². The van der Waals surface area contributed by atoms with Crippen LogP contribution in [0.15, 0.2) is 17.0 Å². The number of carboxylic acids is 3. The molecule has 0 bridgehead atoms. The Balaban J connectivity index is 2.43. The summed E-state index contributed by atoms with van der Waals surface area (Å²) in [4.78, 5) is 74.9. The van der Waals surface area contributed by atoms with Crippen molar-refractivity contribution >= 4 is 47.4 Å². The molecule has 1 aromatic carbocycles. The molecule has 0 aliphatic carbocycles. The number of ether oxygens (including phenoxy) is 2. The lowest BCUT2D eigenvalue weighted by atomic mass is 9.99. The largest absolute Gasteiger partial charge is 0.507 e. The van der Waals surface area contributed by atoms with Crippen molar-refractivity contribution < 1.29 is 84.1 Å². The smallest absolute Gasteiger partial charge is 0.335 e. The van der Waals surface area contributed by atoms with Gasteiger partial charge in [-0.05, 0) is 18.6 Å². The molecule has 1 aliphatic heterocycles. The molecule has 21 nitrogen and oxygen atoms in total. The summed E-state index contributed by atoms with van der Waals surface area (Å²) in [5, 5.41) is 83.8. The fourth-order valence-corrected chi connectivity index (χ4v) is 4.87. The van der Waals surface area contributed by atoms with Gasteiger partial charge in [-0.15, -0.1) is 11.8 Å². The van der Waals surface area contributed by atoms with Crippen molar-refractivity contribution in [3.8, 4) is 11.5 Å². The SMILES string of the molecule is NC(CCC(=O)NC(CSc1c(O)cc(C(=O)NCCOO)cc1OC1OC(C(=O)O)[C@@H](O)[C@H](O)[C@H]1O)C(=O)NCC(=O)O)C(=O)O. The van der Waals surface area contributed by atoms with E-state index in [4.69, 9.17) is 30.7 Å². The van der Waals surface area contributed by atoms with Crippen LogP contribution in [0.2, 0.25) is 0 Å². The van der Waals surface area contributed by atoms with Gasteiger partial charge in [0.2, 0.25) is 18.1 Å². The molecule has 4 unspecified atom stereocenters. The summed E-state index contributed by atoms with van der Waals surface area (Å²) in [6.45, 7) is -1.35. The molecule has 47 heavy (non-hydrogen) atoms. The first-order chi connectivity index (χ1) is 22.1. The maximum atomic E-state index is 12.8. The highest BCUT2D eigenvalue weighted by Crippen LogP contribution is 2.40. The van der Waals surface area contributed by atoms with E-state index in [-0.39, 0.29) is 30.0 Å². The van der Waals surface area contributed by atoms with Crippen LogP contribution in [0.3, 0.4) is 0 Å². The van der Waals surface area contributed by atoms with Crippen molar-refractivity contribution in [1.29, 1.82) is 0 Å². The number of carbonyl (C=O) groups is 6. The third kappa shape index (κ3) is 11.5. The average Bonchev–Trinajstić information content (AvgIpc) is 3.01. The molecule has 1 fully saturated rings. The van der Waals surface area contributed by atoms with Crippen LogP contribution >= 0.6 is 11.8 Å². The normalized spacial score (nSPS) is 21.9. The molecule has 0 spiro atoms. The monoisotopic (exact) mass is 694 g/mol. The van der Waals surface area contributed by atoms with Crippen molar-refractivity contribution in [2.75, 3.05) is 25.4 Å². The second kappa shape index (κ2) is 18.2. The van der Waals surface area contributed by atoms with Crippen LogP contribution < -0.4 is 26.4 Å². The molecule has 1 aromatic rings. The van der Waals surface area contributed by atoms with Gasteiger partial charge in [-0.3, -0.25) is 29.2 Å². The zero-order chi connectivity index (χ0) is 35.4. The van der Waals surface area contributed by atoms with Crippen molar-refractivity contribution in [3.63, 3.8) is 0 Å². The topological polar surface area (TPSA) is 354 Å². The second-order valence-corrected chi connectivity index (χ2v) is 10.8. The number of aliphatic carboxylic acids is 3. The van der Waals surface area contributed by atoms with E-state index in [1.807, 2.05) is 0 Å². The van der Waals surface area contributed by atoms with Gasteiger partial charge >= 0.3 is 17.9 Å². The molecule has 0 radical (unpaired) electrons. The highest BCUT2D eigenvalue weighted by molar-refractivity contribution is 7.99. The first-order valence-corrected chi connectivity index (χ1v) is 14.5. The number of benzene rings is 1. The van der Waals surface area contributed by atoms with E-state index in [0.717, 1.165) is 12.1 Å². The standard InChI is InChI=1S/C25H34N4O17S/c26-10(23(39)40)1-2-14(31)29-11(22(38)28-7-15(32)33)8-47-20-12(30)5-9(21(37)27-3-4-44-43)6-13(20)45-25-18(36)16(34)17(35)19(46-25)24(41)42/h5-6,10-11,16-19,25,30,34-36,43H,1-4,7-8,26H2,(H,27,37)(H,28,38)(H,29,31)(H,32,33)(H,39,40)(H,41,42)/t10?,11?,16-,17-,18+,19?,25?/m0/s1. The molecule has 0 aromatic heterocycles. The number of nitrogens with two attached hydrogens (primary N) is 1. The van der Waals surface area contributed by atoms with E-state index < -0.39 is 109 Å². The van der Waals surface area contributed by atoms with E-state index in [1.165, 1.54) is 0 Å². The Morgan fingerprint density at radius 3 is 2.28 bits per heavy atom. The Morgan fingerprint density at radius 1 is 1.00 bits per heavy atom. The number of carbonyl (C=O) groups excluding carboxylic acids is 3. The van der Waals surface area contributed by atoms with Gasteiger partial charge in [0.15, 0.2) is 6.10 Å². The molecule has 22 heteroatoms. The summed E-state index contributed by atoms with van der Waals surface area (Å²) in [5.41, 5.74) is 5.10. The summed E-state index contributed by atoms with van der Waals surface area (Å²) in [6.07, 6.45) is -11.1. The van der Waals surface area contributed by atoms with E-state index >= 15 is 0 Å². The van der Waals surface area contributed by atoms with E-state index in [1.54, 1.807) is 0 Å². The summed E-state index contributed by atoms with van der Waals surface area (Å²) >= 11 is 0.589. The van der Waals surface area contributed by atoms with Crippen LogP contribution in [-0.2, 0) is 33.6 Å². The number of carboxylic acid groups (broad SMARTS) is 3. The number of thioether (sulfide) groups is 1. The summed E-state index contributed by atoms with van der Waals surface area (Å²) in [5.74, 6) is -8.89. The van der Waals surface area contributed by atoms with Gasteiger partial charge in [0, 0.05) is 24.3 Å². The van der Waals surface area contributed by atoms with Crippen molar-refractivity contribution in [2.24, 2.45) is 5.73 Å². The molecule has 262 valence electrons. The Hall–Kier alpha value is -4.29. The third-order valence-electron chi connectivity index (χ3n) is 6.29. The number of aromatic hydroxyl groups is 1. The average molecular weight is 695 g/mol. The van der Waals surface area contributed by atoms with Crippen molar-refractivity contribution in [1.82, 2.24) is 16.0 Å². The molecule has 0 saturated carbocycles. The number of amides is 3. The van der Waals surface area contributed by atoms with Crippen LogP contribution in [-0.4, -0.2) is 145 Å². The van der Waals surface area contributed by atoms with Crippen LogP contribution in [0.25, 0.3) is 0 Å². The second-order valence-electron chi connectivity index (χ2n) is 9.79. The summed E-state index contributed by atoms with van der Waals surface area (Å²) < 4.78 is 10.7. The third-order valence-corrected chi connectivity index (χ3v) is 7.49. The fraction of sp³-hybridized carbons (Fsp3) is 0.520. The molecule has 1 saturated heterocycles. The molecule has 13 N–H and O–H groups in total. The summed E-state index contributed by atoms with van der Waals surface area (Å²) in [6, 6.07) is -0.986. The van der Waals surface area contributed by atoms with E-state index in [0.29, 0.717) is 11.8 Å². The molecular weight excluding hydrogens is 660 g/mol. The molecule has 3 amide bonds. The molecule has 1 aliphatic rings. The van der Waals surface area contributed by atoms with E-state index in [2.05, 4.69) is 20.8 Å². The first-order valence-electron chi connectivity index (χ1n) is 13.5. The lowest BCUT2D eigenvalue weighted by Crippen LogP contribution is -2.61. The lowest BCUT2D eigenvalue weighted by molar-refractivity contribution is -0.271. The fourth-order valence-electron chi connectivity index (χ4n) is 3.85. The zero-order valence-electron chi connectivity index (χ0n) is 24.2. The Labute approximate surface area is 268 Å². The van der Waals surface area contributed by atoms with Gasteiger partial charge in [-0.2, -0.15) is 0 Å². The number of aliphatic hydroxyl groups excluding tert-OH is 3. The highest BCUT2D eigenvalue weighted by atomic mass is 32.2. The zero-order valence-corrected chi connectivity index (χ0v) is 25.0. The number of hydrogen-bond acceptors (Lipinski definition) is 16. The molecule has 1 heterocycles. The Kier molecular flexibility index (Phi) is 15.0. The number of nitrogens with one attached hydrogen (secondary N) is 3. The van der Waals surface area contributed by atoms with Crippen LogP contribution in [0, 0.1) is 0 Å². The van der Waals surface area contributed by atoms with Crippen molar-refractivity contribution in [3.05, 3.63) is 17.7 Å². The molecule has 7 atom stereocenters. The maximum Gasteiger partial charge on any atom is 0.335 e. The molecule has 2 rings (SSSR count). The van der Waals surface area contributed by atoms with Gasteiger partial charge < -0.3 is 66.9 Å². The van der Waals surface area contributed by atoms with Gasteiger partial charge in [-0.1, -0.05) is 0 Å². The van der Waals surface area contributed by atoms with Crippen molar-refractivity contribution in [2.45, 2.75) is 60.5 Å². The van der Waals surface area contributed by atoms with Crippen LogP contribution in [0.1, 0.15) is 23.2 Å². The first kappa shape index (κ1) is 38.9. The number of aliphatic hydroxyl groups is 3. The minimum absolute atomic E-state index is 0.193. The predicted octanol–water partition coefficient (Wildman–Crippen LogP) is -4.15. The maximum absolute atomic E-state index is 12.8.